The minimum absolute atomic E-state index is 0.00690. The minimum Gasteiger partial charge on any atom is -0.493 e. The van der Waals surface area contributed by atoms with Gasteiger partial charge < -0.3 is 64.6 Å². The van der Waals surface area contributed by atoms with Crippen LogP contribution in [-0.2, 0) is 37.0 Å². The number of carbonyl (C=O) groups is 6. The highest BCUT2D eigenvalue weighted by atomic mass is 32.1. The highest BCUT2D eigenvalue weighted by Crippen LogP contribution is 2.31. The standard InChI is InChI=1S/C58H91N9O11S/c1-42(2)19-15-11-13-17-21-52(68)61-34-44-23-25-48(50(31-44)74-9)77-56(72)66-29-27-64(38-46(66)36-59-6)54(70)33-58(5,79)76-41-63(8)40-55(71)65-28-30-67(47(39-65)37-60-7)57(73)78-49-26-24-45(32-51(49)75-10)35-62-53(69)22-18-14-12-16-20-43(3)4/h15-16,19-20,23-26,31-32,42-43,46-47,59-60,79H,11-14,17-18,21-22,27-30,33-41H2,1-10H3,(H,61,68)(H,62,69)/b19-15+,20-16+. The molecule has 0 radical (unpaired) electrons. The number of thiol groups is 1. The van der Waals surface area contributed by atoms with Crippen LogP contribution in [0.5, 0.6) is 23.0 Å². The molecule has 0 bridgehead atoms. The van der Waals surface area contributed by atoms with E-state index >= 15 is 0 Å². The quantitative estimate of drug-likeness (QED) is 0.0234. The van der Waals surface area contributed by atoms with Crippen molar-refractivity contribution in [1.29, 1.82) is 0 Å². The lowest BCUT2D eigenvalue weighted by molar-refractivity contribution is -0.141. The van der Waals surface area contributed by atoms with E-state index in [2.05, 4.69) is 73.3 Å². The first-order valence-electron chi connectivity index (χ1n) is 27.8. The largest absolute Gasteiger partial charge is 0.493 e. The molecule has 2 aromatic carbocycles. The van der Waals surface area contributed by atoms with Gasteiger partial charge in [0.2, 0.25) is 23.6 Å². The topological polar surface area (TPSA) is 213 Å². The van der Waals surface area contributed by atoms with E-state index < -0.39 is 23.2 Å². The number of hydrogen-bond acceptors (Lipinski definition) is 15. The number of methoxy groups -OCH3 is 2. The van der Waals surface area contributed by atoms with Gasteiger partial charge >= 0.3 is 12.2 Å². The van der Waals surface area contributed by atoms with Crippen LogP contribution in [0.15, 0.2) is 60.7 Å². The Morgan fingerprint density at radius 1 is 0.671 bits per heavy atom. The normalized spacial score (nSPS) is 16.7. The molecule has 6 amide bonds. The van der Waals surface area contributed by atoms with Gasteiger partial charge in [0.15, 0.2) is 23.0 Å². The number of amides is 6. The van der Waals surface area contributed by atoms with Gasteiger partial charge in [-0.3, -0.25) is 24.1 Å². The third kappa shape index (κ3) is 23.4. The fourth-order valence-corrected chi connectivity index (χ4v) is 9.26. The van der Waals surface area contributed by atoms with Crippen molar-refractivity contribution in [2.24, 2.45) is 11.8 Å². The molecule has 2 aromatic rings. The average Bonchev–Trinajstić information content (AvgIpc) is 3.51. The van der Waals surface area contributed by atoms with Gasteiger partial charge in [-0.25, -0.2) is 9.59 Å². The van der Waals surface area contributed by atoms with Crippen LogP contribution in [0.1, 0.15) is 104 Å². The summed E-state index contributed by atoms with van der Waals surface area (Å²) in [7, 11) is 8.27. The number of nitrogens with one attached hydrogen (secondary N) is 4. The Kier molecular flexibility index (Phi) is 28.5. The van der Waals surface area contributed by atoms with Gasteiger partial charge in [0, 0.05) is 78.3 Å². The number of nitrogens with zero attached hydrogens (tertiary/aromatic N) is 5. The second kappa shape index (κ2) is 34.3. The number of unbranched alkanes of at least 4 members (excludes halogenated alkanes) is 4. The molecule has 21 heteroatoms. The van der Waals surface area contributed by atoms with Crippen molar-refractivity contribution >= 4 is 48.4 Å². The van der Waals surface area contributed by atoms with E-state index in [-0.39, 0.29) is 100 Å². The molecule has 0 saturated carbocycles. The Hall–Kier alpha value is -5.87. The van der Waals surface area contributed by atoms with Crippen LogP contribution in [0.4, 0.5) is 9.59 Å². The summed E-state index contributed by atoms with van der Waals surface area (Å²) in [5, 5.41) is 12.2. The van der Waals surface area contributed by atoms with E-state index in [0.717, 1.165) is 49.7 Å². The van der Waals surface area contributed by atoms with Crippen LogP contribution in [0.2, 0.25) is 0 Å². The second-order valence-electron chi connectivity index (χ2n) is 21.2. The van der Waals surface area contributed by atoms with E-state index in [4.69, 9.17) is 36.3 Å². The van der Waals surface area contributed by atoms with Gasteiger partial charge in [-0.15, -0.1) is 12.6 Å². The molecule has 2 saturated heterocycles. The maximum absolute atomic E-state index is 13.8. The van der Waals surface area contributed by atoms with Crippen molar-refractivity contribution < 1.29 is 52.5 Å². The molecule has 79 heavy (non-hydrogen) atoms. The molecule has 0 spiro atoms. The van der Waals surface area contributed by atoms with Gasteiger partial charge in [0.05, 0.1) is 39.3 Å². The lowest BCUT2D eigenvalue weighted by Gasteiger charge is -2.41. The van der Waals surface area contributed by atoms with E-state index in [0.29, 0.717) is 62.4 Å². The summed E-state index contributed by atoms with van der Waals surface area (Å²) in [5.41, 5.74) is 1.60. The molecule has 2 heterocycles. The highest BCUT2D eigenvalue weighted by molar-refractivity contribution is 7.81. The maximum atomic E-state index is 13.8. The molecule has 4 N–H and O–H groups in total. The van der Waals surface area contributed by atoms with E-state index in [1.165, 1.54) is 14.2 Å². The first-order valence-corrected chi connectivity index (χ1v) is 28.3. The van der Waals surface area contributed by atoms with Crippen molar-refractivity contribution in [3.05, 3.63) is 71.8 Å². The third-order valence-corrected chi connectivity index (χ3v) is 13.7. The van der Waals surface area contributed by atoms with Crippen LogP contribution in [0.25, 0.3) is 0 Å². The van der Waals surface area contributed by atoms with Crippen molar-refractivity contribution in [1.82, 2.24) is 45.8 Å². The number of likely N-dealkylation sites (N-methyl/N-ethyl adjacent to an activating group) is 3. The summed E-state index contributed by atoms with van der Waals surface area (Å²) in [6, 6.07) is 9.56. The lowest BCUT2D eigenvalue weighted by atomic mass is 10.1. The van der Waals surface area contributed by atoms with Crippen molar-refractivity contribution in [3.63, 3.8) is 0 Å². The summed E-state index contributed by atoms with van der Waals surface area (Å²) in [6.45, 7) is 13.2. The molecule has 0 aliphatic carbocycles. The van der Waals surface area contributed by atoms with Gasteiger partial charge in [0.25, 0.3) is 0 Å². The molecule has 20 nitrogen and oxygen atoms in total. The number of piperazine rings is 2. The number of carbonyl (C=O) groups excluding carboxylic acids is 6. The van der Waals surface area contributed by atoms with E-state index in [1.54, 1.807) is 89.0 Å². The Bertz CT molecular complexity index is 2330. The highest BCUT2D eigenvalue weighted by Gasteiger charge is 2.37. The Balaban J connectivity index is 1.21. The molecular formula is C58H91N9O11S. The molecule has 4 rings (SSSR count). The van der Waals surface area contributed by atoms with Gasteiger partial charge in [-0.1, -0.05) is 64.1 Å². The van der Waals surface area contributed by atoms with Crippen molar-refractivity contribution in [3.8, 4) is 23.0 Å². The van der Waals surface area contributed by atoms with Crippen LogP contribution in [-0.4, -0.2) is 178 Å². The predicted octanol–water partition coefficient (Wildman–Crippen LogP) is 6.59. The summed E-state index contributed by atoms with van der Waals surface area (Å²) >= 11 is 4.71. The van der Waals surface area contributed by atoms with Crippen molar-refractivity contribution in [2.75, 3.05) is 101 Å². The predicted molar refractivity (Wildman–Crippen MR) is 309 cm³/mol. The monoisotopic (exact) mass is 1120 g/mol. The van der Waals surface area contributed by atoms with E-state index in [9.17, 15) is 28.8 Å². The zero-order valence-electron chi connectivity index (χ0n) is 48.6. The first kappa shape index (κ1) is 65.6. The molecule has 2 fully saturated rings. The maximum Gasteiger partial charge on any atom is 0.415 e. The lowest BCUT2D eigenvalue weighted by Crippen LogP contribution is -2.60. The molecule has 2 aliphatic heterocycles. The Labute approximate surface area is 475 Å². The SMILES string of the molecule is CNCC1CN(C(=O)CN(C)COC(C)(S)CC(=O)N2CCN(C(=O)Oc3ccc(CNC(=O)CCCC/C=C/C(C)C)cc3OC)C(CNC)C2)CCN1C(=O)Oc1ccc(CNC(=O)CCCC/C=C/C(C)C)cc1OC. The fraction of sp³-hybridized carbons (Fsp3) is 0.621. The zero-order chi connectivity index (χ0) is 57.9. The average molecular weight is 1120 g/mol. The number of benzene rings is 2. The van der Waals surface area contributed by atoms with Gasteiger partial charge in [-0.05, 0) is 114 Å². The Morgan fingerprint density at radius 2 is 1.11 bits per heavy atom. The first-order chi connectivity index (χ1) is 37.7. The summed E-state index contributed by atoms with van der Waals surface area (Å²) in [5.74, 6) is 1.80. The molecule has 0 aromatic heterocycles. The summed E-state index contributed by atoms with van der Waals surface area (Å²) in [4.78, 5) is 86.8. The zero-order valence-corrected chi connectivity index (χ0v) is 49.5. The molecule has 2 aliphatic rings. The Morgan fingerprint density at radius 3 is 1.53 bits per heavy atom. The van der Waals surface area contributed by atoms with Crippen molar-refractivity contribution in [2.45, 2.75) is 123 Å². The molecule has 3 unspecified atom stereocenters. The summed E-state index contributed by atoms with van der Waals surface area (Å²) < 4.78 is 28.9. The number of ether oxygens (including phenoxy) is 5. The second-order valence-corrected chi connectivity index (χ2v) is 22.2. The fourth-order valence-electron chi connectivity index (χ4n) is 9.06. The minimum atomic E-state index is -1.19. The van der Waals surface area contributed by atoms with Crippen LogP contribution >= 0.6 is 12.6 Å². The number of rotatable bonds is 31. The van der Waals surface area contributed by atoms with Crippen LogP contribution < -0.4 is 40.2 Å². The smallest absolute Gasteiger partial charge is 0.415 e. The van der Waals surface area contributed by atoms with Gasteiger partial charge in [0.1, 0.15) is 11.7 Å². The molecule has 3 atom stereocenters. The third-order valence-electron chi connectivity index (χ3n) is 13.4. The van der Waals surface area contributed by atoms with Crippen LogP contribution in [0.3, 0.4) is 0 Å². The number of allylic oxidation sites excluding steroid dienone is 4. The molecular weight excluding hydrogens is 1030 g/mol. The van der Waals surface area contributed by atoms with Gasteiger partial charge in [-0.2, -0.15) is 0 Å². The van der Waals surface area contributed by atoms with E-state index in [1.807, 2.05) is 0 Å². The molecule has 440 valence electrons. The summed E-state index contributed by atoms with van der Waals surface area (Å²) in [6.07, 6.45) is 13.8. The number of hydrogen-bond donors (Lipinski definition) is 5. The van der Waals surface area contributed by atoms with Crippen LogP contribution in [0, 0.1) is 11.8 Å².